The summed E-state index contributed by atoms with van der Waals surface area (Å²) in [4.78, 5) is 41.1. The fourth-order valence-electron chi connectivity index (χ4n) is 4.34. The van der Waals surface area contributed by atoms with Gasteiger partial charge in [0.2, 0.25) is 11.8 Å². The minimum atomic E-state index is -0.683. The summed E-state index contributed by atoms with van der Waals surface area (Å²) < 4.78 is 5.10. The first kappa shape index (κ1) is 31.1. The molecule has 0 rings (SSSR count). The number of hydrogen-bond acceptors (Lipinski definition) is 4. The van der Waals surface area contributed by atoms with Crippen LogP contribution in [0.1, 0.15) is 95.4 Å². The lowest BCUT2D eigenvalue weighted by molar-refractivity contribution is -0.143. The van der Waals surface area contributed by atoms with E-state index in [1.807, 2.05) is 48.5 Å². The van der Waals surface area contributed by atoms with Crippen molar-refractivity contribution in [2.75, 3.05) is 13.7 Å². The first-order chi connectivity index (χ1) is 15.1. The number of likely N-dealkylation sites (N-methyl/N-ethyl adjacent to an activating group) is 1. The van der Waals surface area contributed by atoms with Crippen molar-refractivity contribution >= 4 is 17.8 Å². The van der Waals surface area contributed by atoms with Gasteiger partial charge in [-0.2, -0.15) is 0 Å². The van der Waals surface area contributed by atoms with Crippen LogP contribution < -0.4 is 5.32 Å². The van der Waals surface area contributed by atoms with E-state index in [0.29, 0.717) is 18.1 Å². The van der Waals surface area contributed by atoms with Crippen LogP contribution in [0.3, 0.4) is 0 Å². The normalized spacial score (nSPS) is 14.8. The molecule has 0 aliphatic carbocycles. The predicted molar refractivity (Wildman–Crippen MR) is 136 cm³/mol. The molecule has 0 aromatic rings. The molecule has 0 bridgehead atoms. The van der Waals surface area contributed by atoms with Crippen molar-refractivity contribution in [3.8, 4) is 0 Å². The van der Waals surface area contributed by atoms with Gasteiger partial charge in [-0.3, -0.25) is 9.59 Å². The van der Waals surface area contributed by atoms with Crippen LogP contribution in [0.4, 0.5) is 0 Å². The van der Waals surface area contributed by atoms with Gasteiger partial charge in [0.25, 0.3) is 0 Å². The van der Waals surface area contributed by atoms with E-state index < -0.39 is 16.9 Å². The summed E-state index contributed by atoms with van der Waals surface area (Å²) >= 11 is 0. The van der Waals surface area contributed by atoms with E-state index in [0.717, 1.165) is 19.3 Å². The number of amides is 2. The lowest BCUT2D eigenvalue weighted by Gasteiger charge is -2.40. The van der Waals surface area contributed by atoms with E-state index in [1.54, 1.807) is 31.9 Å². The highest BCUT2D eigenvalue weighted by atomic mass is 16.5. The highest BCUT2D eigenvalue weighted by molar-refractivity contribution is 5.91. The number of hydrogen-bond donors (Lipinski definition) is 1. The Morgan fingerprint density at radius 2 is 1.52 bits per heavy atom. The van der Waals surface area contributed by atoms with Gasteiger partial charge < -0.3 is 15.0 Å². The maximum absolute atomic E-state index is 13.7. The quantitative estimate of drug-likeness (QED) is 0.310. The first-order valence-electron chi connectivity index (χ1n) is 12.5. The van der Waals surface area contributed by atoms with Crippen molar-refractivity contribution in [3.05, 3.63) is 11.6 Å². The fraction of sp³-hybridized carbons (Fsp3) is 0.815. The molecule has 6 heteroatoms. The zero-order chi connectivity index (χ0) is 26.1. The van der Waals surface area contributed by atoms with Crippen LogP contribution in [-0.4, -0.2) is 48.4 Å². The molecule has 6 nitrogen and oxygen atoms in total. The predicted octanol–water partition coefficient (Wildman–Crippen LogP) is 5.36. The average Bonchev–Trinajstić information content (AvgIpc) is 2.71. The zero-order valence-corrected chi connectivity index (χ0v) is 23.3. The lowest BCUT2D eigenvalue weighted by atomic mass is 9.74. The molecular weight excluding hydrogens is 416 g/mol. The van der Waals surface area contributed by atoms with Crippen LogP contribution in [0.2, 0.25) is 0 Å². The Morgan fingerprint density at radius 1 is 1.00 bits per heavy atom. The molecule has 192 valence electrons. The Balaban J connectivity index is 6.06. The van der Waals surface area contributed by atoms with Crippen LogP contribution in [0, 0.1) is 22.7 Å². The van der Waals surface area contributed by atoms with Gasteiger partial charge in [0.15, 0.2) is 0 Å². The Hall–Kier alpha value is -1.85. The summed E-state index contributed by atoms with van der Waals surface area (Å²) in [6.07, 6.45) is 4.03. The first-order valence-corrected chi connectivity index (χ1v) is 12.5. The third-order valence-corrected chi connectivity index (χ3v) is 6.52. The molecule has 2 atom stereocenters. The van der Waals surface area contributed by atoms with E-state index in [2.05, 4.69) is 19.2 Å². The topological polar surface area (TPSA) is 75.7 Å². The molecule has 0 spiro atoms. The lowest BCUT2D eigenvalue weighted by Crippen LogP contribution is -2.58. The van der Waals surface area contributed by atoms with Crippen LogP contribution in [0.5, 0.6) is 0 Å². The summed E-state index contributed by atoms with van der Waals surface area (Å²) in [7, 11) is 1.74. The van der Waals surface area contributed by atoms with Crippen molar-refractivity contribution in [1.82, 2.24) is 10.2 Å². The number of ether oxygens (including phenoxy) is 1. The average molecular weight is 467 g/mol. The molecule has 0 heterocycles. The molecule has 0 saturated carbocycles. The van der Waals surface area contributed by atoms with Crippen LogP contribution in [0.25, 0.3) is 0 Å². The Morgan fingerprint density at radius 3 is 1.88 bits per heavy atom. The summed E-state index contributed by atoms with van der Waals surface area (Å²) in [6, 6.07) is -0.987. The molecule has 0 unspecified atom stereocenters. The van der Waals surface area contributed by atoms with Crippen LogP contribution in [0.15, 0.2) is 11.6 Å². The van der Waals surface area contributed by atoms with Gasteiger partial charge in [-0.25, -0.2) is 4.79 Å². The molecule has 33 heavy (non-hydrogen) atoms. The van der Waals surface area contributed by atoms with E-state index in [9.17, 15) is 14.4 Å². The van der Waals surface area contributed by atoms with Crippen molar-refractivity contribution in [3.63, 3.8) is 0 Å². The van der Waals surface area contributed by atoms with Crippen LogP contribution in [-0.2, 0) is 19.1 Å². The molecule has 1 N–H and O–H groups in total. The molecule has 0 fully saturated rings. The Labute approximate surface area is 202 Å². The van der Waals surface area contributed by atoms with Gasteiger partial charge in [0.05, 0.1) is 12.6 Å². The van der Waals surface area contributed by atoms with Gasteiger partial charge in [0.1, 0.15) is 6.04 Å². The van der Waals surface area contributed by atoms with Gasteiger partial charge >= 0.3 is 5.97 Å². The molecule has 0 radical (unpaired) electrons. The third kappa shape index (κ3) is 8.78. The van der Waals surface area contributed by atoms with Gasteiger partial charge in [-0.05, 0) is 50.4 Å². The minimum Gasteiger partial charge on any atom is -0.463 e. The third-order valence-electron chi connectivity index (χ3n) is 6.52. The molecule has 0 aromatic carbocycles. The largest absolute Gasteiger partial charge is 0.463 e. The summed E-state index contributed by atoms with van der Waals surface area (Å²) in [5.41, 5.74) is -0.499. The monoisotopic (exact) mass is 466 g/mol. The molecule has 0 saturated heterocycles. The number of esters is 1. The van der Waals surface area contributed by atoms with E-state index in [1.165, 1.54) is 0 Å². The summed E-state index contributed by atoms with van der Waals surface area (Å²) in [5.74, 6) is -0.140. The number of nitrogens with zero attached hydrogens (tertiary/aromatic N) is 1. The second-order valence-electron chi connectivity index (χ2n) is 11.1. The Bertz CT molecular complexity index is 685. The SMILES string of the molecule is CCOC(=O)/C(C)=C/[C@H](C(C)C)N(C)C(=O)[C@@H](NC(=O)C(CC)(CC)CC(C)C)C(C)(C)C. The highest BCUT2D eigenvalue weighted by Gasteiger charge is 2.42. The van der Waals surface area contributed by atoms with Crippen molar-refractivity contribution in [1.29, 1.82) is 0 Å². The Kier molecular flexibility index (Phi) is 12.4. The molecule has 2 amide bonds. The summed E-state index contributed by atoms with van der Waals surface area (Å²) in [6.45, 7) is 22.0. The van der Waals surface area contributed by atoms with Crippen molar-refractivity contribution in [2.24, 2.45) is 22.7 Å². The maximum atomic E-state index is 13.7. The zero-order valence-electron chi connectivity index (χ0n) is 23.3. The minimum absolute atomic E-state index is 0.0535. The molecule has 0 aliphatic heterocycles. The van der Waals surface area contributed by atoms with Gasteiger partial charge in [-0.1, -0.05) is 68.4 Å². The van der Waals surface area contributed by atoms with Gasteiger partial charge in [-0.15, -0.1) is 0 Å². The van der Waals surface area contributed by atoms with E-state index in [-0.39, 0.29) is 29.7 Å². The van der Waals surface area contributed by atoms with E-state index >= 15 is 0 Å². The number of rotatable bonds is 12. The van der Waals surface area contributed by atoms with Crippen molar-refractivity contribution in [2.45, 2.75) is 108 Å². The van der Waals surface area contributed by atoms with E-state index in [4.69, 9.17) is 4.74 Å². The molecular formula is C27H50N2O4. The maximum Gasteiger partial charge on any atom is 0.333 e. The second-order valence-corrected chi connectivity index (χ2v) is 11.1. The van der Waals surface area contributed by atoms with Crippen LogP contribution >= 0.6 is 0 Å². The summed E-state index contributed by atoms with van der Waals surface area (Å²) in [5, 5.41) is 3.13. The standard InChI is InChI=1S/C27H50N2O4/c1-13-27(14-2,17-18(4)5)25(32)28-22(26(9,10)11)23(30)29(12)21(19(6)7)16-20(8)24(31)33-15-3/h16,18-19,21-22H,13-15,17H2,1-12H3,(H,28,32)/b20-16+/t21-,22-/m1/s1. The van der Waals surface area contributed by atoms with Gasteiger partial charge in [0, 0.05) is 18.0 Å². The fourth-order valence-corrected chi connectivity index (χ4v) is 4.34. The van der Waals surface area contributed by atoms with Crippen molar-refractivity contribution < 1.29 is 19.1 Å². The smallest absolute Gasteiger partial charge is 0.333 e. The molecule has 0 aromatic heterocycles. The second kappa shape index (κ2) is 13.1. The highest BCUT2D eigenvalue weighted by Crippen LogP contribution is 2.35. The number of carbonyl (C=O) groups excluding carboxylic acids is 3. The number of carbonyl (C=O) groups is 3. The number of nitrogens with one attached hydrogen (secondary N) is 1. The molecule has 0 aliphatic rings.